The molecular weight excluding hydrogens is 434 g/mol. The largest absolute Gasteiger partial charge is 0.491 e. The average molecular weight is 468 g/mol. The minimum absolute atomic E-state index is 0.146. The highest BCUT2D eigenvalue weighted by molar-refractivity contribution is 7.97. The van der Waals surface area contributed by atoms with E-state index in [4.69, 9.17) is 16.3 Å². The molecule has 3 rings (SSSR count). The predicted molar refractivity (Wildman–Crippen MR) is 127 cm³/mol. The van der Waals surface area contributed by atoms with E-state index in [1.165, 1.54) is 24.0 Å². The molecule has 0 spiro atoms. The Morgan fingerprint density at radius 3 is 2.87 bits per heavy atom. The molecule has 6 nitrogen and oxygen atoms in total. The van der Waals surface area contributed by atoms with E-state index in [1.54, 1.807) is 23.9 Å². The van der Waals surface area contributed by atoms with Crippen LogP contribution in [-0.2, 0) is 11.2 Å². The summed E-state index contributed by atoms with van der Waals surface area (Å²) in [7, 11) is 1.59. The summed E-state index contributed by atoms with van der Waals surface area (Å²) >= 11 is 8.23. The first-order valence-electron chi connectivity index (χ1n) is 11.4. The maximum Gasteiger partial charge on any atom is 0.317 e. The molecule has 172 valence electrons. The second-order valence-electron chi connectivity index (χ2n) is 8.34. The van der Waals surface area contributed by atoms with Gasteiger partial charge in [-0.05, 0) is 62.5 Å². The number of hydrogen-bond donors (Lipinski definition) is 2. The van der Waals surface area contributed by atoms with Gasteiger partial charge in [-0.25, -0.2) is 4.79 Å². The first-order valence-corrected chi connectivity index (χ1v) is 12.7. The van der Waals surface area contributed by atoms with Crippen LogP contribution in [0.15, 0.2) is 12.1 Å². The molecule has 0 saturated heterocycles. The first kappa shape index (κ1) is 24.2. The highest BCUT2D eigenvalue weighted by Gasteiger charge is 2.27. The fourth-order valence-corrected chi connectivity index (χ4v) is 5.08. The summed E-state index contributed by atoms with van der Waals surface area (Å²) in [5.74, 6) is 2.62. The van der Waals surface area contributed by atoms with E-state index < -0.39 is 0 Å². The summed E-state index contributed by atoms with van der Waals surface area (Å²) < 4.78 is 9.76. The predicted octanol–water partition coefficient (Wildman–Crippen LogP) is 4.75. The van der Waals surface area contributed by atoms with E-state index >= 15 is 0 Å². The highest BCUT2D eigenvalue weighted by Crippen LogP contribution is 2.41. The van der Waals surface area contributed by atoms with Crippen LogP contribution in [0, 0.1) is 5.92 Å². The summed E-state index contributed by atoms with van der Waals surface area (Å²) in [5.41, 5.74) is 2.60. The van der Waals surface area contributed by atoms with Crippen molar-refractivity contribution in [2.45, 2.75) is 57.4 Å². The van der Waals surface area contributed by atoms with Crippen LogP contribution in [-0.4, -0.2) is 49.7 Å². The molecule has 1 saturated carbocycles. The van der Waals surface area contributed by atoms with Crippen LogP contribution >= 0.6 is 23.5 Å². The maximum absolute atomic E-state index is 11.7. The van der Waals surface area contributed by atoms with Crippen molar-refractivity contribution in [1.29, 1.82) is 0 Å². The Morgan fingerprint density at radius 1 is 1.29 bits per heavy atom. The van der Waals surface area contributed by atoms with Crippen molar-refractivity contribution in [2.24, 2.45) is 5.92 Å². The molecule has 1 aromatic carbocycles. The molecule has 2 aliphatic carbocycles. The zero-order valence-corrected chi connectivity index (χ0v) is 19.9. The summed E-state index contributed by atoms with van der Waals surface area (Å²) in [5, 5.41) is 3.31. The molecule has 1 atom stereocenters. The maximum atomic E-state index is 11.7. The van der Waals surface area contributed by atoms with Crippen molar-refractivity contribution in [3.05, 3.63) is 28.3 Å². The van der Waals surface area contributed by atoms with Gasteiger partial charge in [0.25, 0.3) is 0 Å². The smallest absolute Gasteiger partial charge is 0.317 e. The number of amides is 2. The van der Waals surface area contributed by atoms with E-state index in [9.17, 15) is 9.59 Å². The molecule has 0 aliphatic heterocycles. The molecule has 0 radical (unpaired) electrons. The third-order valence-electron chi connectivity index (χ3n) is 5.90. The Bertz CT molecular complexity index is 745. The number of hydrogen-bond acceptors (Lipinski definition) is 5. The van der Waals surface area contributed by atoms with E-state index in [1.807, 2.05) is 6.07 Å². The van der Waals surface area contributed by atoms with Crippen LogP contribution in [0.5, 0.6) is 5.75 Å². The third-order valence-corrected chi connectivity index (χ3v) is 7.14. The summed E-state index contributed by atoms with van der Waals surface area (Å²) in [6.07, 6.45) is 9.59. The van der Waals surface area contributed by atoms with Crippen molar-refractivity contribution < 1.29 is 14.3 Å². The lowest BCUT2D eigenvalue weighted by molar-refractivity contribution is -0.108. The SMILES string of the molecule is CNC(=O)N(CC=O)CCCCCSNC1CCCc2c1ccc(Cl)c2OCC1CC1. The number of halogens is 1. The topological polar surface area (TPSA) is 70.7 Å². The molecule has 8 heteroatoms. The van der Waals surface area contributed by atoms with Crippen molar-refractivity contribution in [3.8, 4) is 5.75 Å². The van der Waals surface area contributed by atoms with E-state index in [0.717, 1.165) is 67.9 Å². The van der Waals surface area contributed by atoms with Gasteiger partial charge in [0.2, 0.25) is 0 Å². The van der Waals surface area contributed by atoms with Crippen molar-refractivity contribution in [3.63, 3.8) is 0 Å². The monoisotopic (exact) mass is 467 g/mol. The molecule has 31 heavy (non-hydrogen) atoms. The lowest BCUT2D eigenvalue weighted by Gasteiger charge is -2.28. The number of benzene rings is 1. The van der Waals surface area contributed by atoms with Crippen LogP contribution in [0.3, 0.4) is 0 Å². The van der Waals surface area contributed by atoms with Crippen LogP contribution in [0.2, 0.25) is 5.02 Å². The van der Waals surface area contributed by atoms with Gasteiger partial charge in [-0.1, -0.05) is 36.0 Å². The van der Waals surface area contributed by atoms with E-state index in [0.29, 0.717) is 18.5 Å². The molecule has 1 unspecified atom stereocenters. The van der Waals surface area contributed by atoms with Gasteiger partial charge >= 0.3 is 6.03 Å². The molecule has 0 aromatic heterocycles. The van der Waals surface area contributed by atoms with Crippen LogP contribution in [0.1, 0.15) is 62.1 Å². The van der Waals surface area contributed by atoms with Crippen molar-refractivity contribution in [2.75, 3.05) is 32.5 Å². The van der Waals surface area contributed by atoms with Gasteiger partial charge in [-0.15, -0.1) is 0 Å². The number of carbonyl (C=O) groups is 2. The normalized spacial score (nSPS) is 17.7. The molecule has 2 aliphatic rings. The van der Waals surface area contributed by atoms with Gasteiger partial charge in [0.05, 0.1) is 18.2 Å². The zero-order chi connectivity index (χ0) is 22.1. The van der Waals surface area contributed by atoms with Gasteiger partial charge in [-0.3, -0.25) is 4.72 Å². The lowest BCUT2D eigenvalue weighted by atomic mass is 9.87. The van der Waals surface area contributed by atoms with Gasteiger partial charge in [0, 0.05) is 31.0 Å². The van der Waals surface area contributed by atoms with Gasteiger partial charge in [0.15, 0.2) is 0 Å². The number of carbonyl (C=O) groups excluding carboxylic acids is 2. The Balaban J connectivity index is 1.40. The third kappa shape index (κ3) is 7.29. The second-order valence-corrected chi connectivity index (χ2v) is 9.68. The molecule has 1 fully saturated rings. The molecule has 2 amide bonds. The van der Waals surface area contributed by atoms with Crippen molar-refractivity contribution >= 4 is 35.9 Å². The second kappa shape index (κ2) is 12.6. The number of nitrogens with one attached hydrogen (secondary N) is 2. The Labute approximate surface area is 194 Å². The molecule has 2 N–H and O–H groups in total. The number of urea groups is 1. The molecular formula is C23H34ClN3O3S. The number of unbranched alkanes of at least 4 members (excludes halogenated alkanes) is 2. The summed E-state index contributed by atoms with van der Waals surface area (Å²) in [4.78, 5) is 23.9. The first-order chi connectivity index (χ1) is 15.1. The summed E-state index contributed by atoms with van der Waals surface area (Å²) in [6.45, 7) is 1.54. The quantitative estimate of drug-likeness (QED) is 0.249. The molecule has 0 heterocycles. The molecule has 1 aromatic rings. The van der Waals surface area contributed by atoms with E-state index in [-0.39, 0.29) is 12.6 Å². The minimum atomic E-state index is -0.195. The standard InChI is InChI=1S/C23H34ClN3O3S/c1-25-23(29)27(13-14-28)12-3-2-4-15-31-26-21-7-5-6-19-18(21)10-11-20(24)22(19)30-16-17-8-9-17/h10-11,14,17,21,26H,2-9,12-13,15-16H2,1H3,(H,25,29). The van der Waals surface area contributed by atoms with Gasteiger partial charge < -0.3 is 19.7 Å². The highest BCUT2D eigenvalue weighted by atomic mass is 35.5. The van der Waals surface area contributed by atoms with Crippen LogP contribution in [0.25, 0.3) is 0 Å². The summed E-state index contributed by atoms with van der Waals surface area (Å²) in [6, 6.07) is 4.26. The number of ether oxygens (including phenoxy) is 1. The number of nitrogens with zero attached hydrogens (tertiary/aromatic N) is 1. The van der Waals surface area contributed by atoms with Gasteiger partial charge in [0.1, 0.15) is 12.0 Å². The Morgan fingerprint density at radius 2 is 2.13 bits per heavy atom. The minimum Gasteiger partial charge on any atom is -0.491 e. The number of aldehydes is 1. The van der Waals surface area contributed by atoms with Crippen LogP contribution < -0.4 is 14.8 Å². The Kier molecular flexibility index (Phi) is 9.81. The van der Waals surface area contributed by atoms with Gasteiger partial charge in [-0.2, -0.15) is 0 Å². The van der Waals surface area contributed by atoms with Crippen LogP contribution in [0.4, 0.5) is 4.79 Å². The molecule has 0 bridgehead atoms. The zero-order valence-electron chi connectivity index (χ0n) is 18.3. The number of fused-ring (bicyclic) bond motifs is 1. The Hall–Kier alpha value is -1.44. The fraction of sp³-hybridized carbons (Fsp3) is 0.652. The van der Waals surface area contributed by atoms with Crippen molar-refractivity contribution in [1.82, 2.24) is 14.9 Å². The van der Waals surface area contributed by atoms with E-state index in [2.05, 4.69) is 16.1 Å². The lowest BCUT2D eigenvalue weighted by Crippen LogP contribution is -2.39. The number of rotatable bonds is 13. The fourth-order valence-electron chi connectivity index (χ4n) is 3.94. The average Bonchev–Trinajstić information content (AvgIpc) is 3.61.